The van der Waals surface area contributed by atoms with Gasteiger partial charge in [0.25, 0.3) is 0 Å². The smallest absolute Gasteiger partial charge is 0.234 e. The number of nitrogens with zero attached hydrogens (tertiary/aromatic N) is 2. The van der Waals surface area contributed by atoms with Crippen molar-refractivity contribution in [1.29, 1.82) is 0 Å². The third-order valence-corrected chi connectivity index (χ3v) is 2.08. The van der Waals surface area contributed by atoms with Crippen molar-refractivity contribution < 1.29 is 4.79 Å². The van der Waals surface area contributed by atoms with Crippen LogP contribution in [-0.2, 0) is 4.79 Å². The van der Waals surface area contributed by atoms with Gasteiger partial charge in [-0.3, -0.25) is 4.79 Å². The molecule has 7 nitrogen and oxygen atoms in total. The maximum absolute atomic E-state index is 11.3. The van der Waals surface area contributed by atoms with E-state index in [1.807, 2.05) is 0 Å². The summed E-state index contributed by atoms with van der Waals surface area (Å²) in [7, 11) is 0. The van der Waals surface area contributed by atoms with Crippen molar-refractivity contribution in [2.45, 2.75) is 6.04 Å². The topological polar surface area (TPSA) is 112 Å². The maximum Gasteiger partial charge on any atom is 0.234 e. The molecule has 0 aromatic carbocycles. The molecule has 0 bridgehead atoms. The molecule has 2 rings (SSSR count). The summed E-state index contributed by atoms with van der Waals surface area (Å²) >= 11 is 0. The minimum absolute atomic E-state index is 0.0715. The number of rotatable bonds is 4. The van der Waals surface area contributed by atoms with E-state index in [9.17, 15) is 4.79 Å². The molecule has 2 aromatic rings. The van der Waals surface area contributed by atoms with E-state index < -0.39 is 6.04 Å². The Kier molecular flexibility index (Phi) is 2.97. The van der Waals surface area contributed by atoms with E-state index in [4.69, 9.17) is 5.73 Å². The summed E-state index contributed by atoms with van der Waals surface area (Å²) in [6.45, 7) is -0.0715. The molecule has 7 heteroatoms. The Morgan fingerprint density at radius 2 is 1.88 bits per heavy atom. The number of carbonyl (C=O) groups excluding carboxylic acids is 1. The first-order valence-corrected chi connectivity index (χ1v) is 4.79. The van der Waals surface area contributed by atoms with Crippen LogP contribution in [0.1, 0.15) is 17.7 Å². The summed E-state index contributed by atoms with van der Waals surface area (Å²) in [6, 6.07) is -0.430. The van der Waals surface area contributed by atoms with Gasteiger partial charge in [0, 0.05) is 24.8 Å². The van der Waals surface area contributed by atoms with Gasteiger partial charge in [0.15, 0.2) is 0 Å². The molecule has 0 spiro atoms. The second kappa shape index (κ2) is 4.58. The first kappa shape index (κ1) is 10.4. The highest BCUT2D eigenvalue weighted by Crippen LogP contribution is 2.13. The van der Waals surface area contributed by atoms with Gasteiger partial charge >= 0.3 is 0 Å². The molecule has 0 atom stereocenters. The van der Waals surface area contributed by atoms with E-state index in [0.717, 1.165) is 0 Å². The number of amides is 1. The summed E-state index contributed by atoms with van der Waals surface area (Å²) in [5.41, 5.74) is 5.25. The summed E-state index contributed by atoms with van der Waals surface area (Å²) in [5, 5.41) is 2.72. The molecule has 16 heavy (non-hydrogen) atoms. The summed E-state index contributed by atoms with van der Waals surface area (Å²) in [6.07, 6.45) is 6.58. The quantitative estimate of drug-likeness (QED) is 0.545. The molecule has 2 heterocycles. The van der Waals surface area contributed by atoms with Gasteiger partial charge in [0.1, 0.15) is 17.7 Å². The molecule has 0 unspecified atom stereocenters. The number of carbonyl (C=O) groups is 1. The fourth-order valence-corrected chi connectivity index (χ4v) is 1.36. The highest BCUT2D eigenvalue weighted by molar-refractivity contribution is 5.78. The number of H-pyrrole nitrogens is 2. The highest BCUT2D eigenvalue weighted by atomic mass is 16.1. The lowest BCUT2D eigenvalue weighted by molar-refractivity contribution is -0.120. The molecule has 0 aliphatic rings. The van der Waals surface area contributed by atoms with E-state index in [0.29, 0.717) is 11.6 Å². The Bertz CT molecular complexity index is 400. The van der Waals surface area contributed by atoms with E-state index in [1.165, 1.54) is 0 Å². The van der Waals surface area contributed by atoms with Crippen molar-refractivity contribution in [3.63, 3.8) is 0 Å². The molecular weight excluding hydrogens is 208 g/mol. The van der Waals surface area contributed by atoms with Crippen LogP contribution in [-0.4, -0.2) is 32.4 Å². The Morgan fingerprint density at radius 1 is 1.31 bits per heavy atom. The number of hydrogen-bond acceptors (Lipinski definition) is 4. The third kappa shape index (κ3) is 2.09. The van der Waals surface area contributed by atoms with Crippen molar-refractivity contribution in [3.05, 3.63) is 36.4 Å². The zero-order valence-electron chi connectivity index (χ0n) is 8.47. The zero-order valence-corrected chi connectivity index (χ0v) is 8.47. The molecule has 0 aliphatic carbocycles. The van der Waals surface area contributed by atoms with Crippen LogP contribution in [0.25, 0.3) is 0 Å². The Labute approximate surface area is 91.5 Å². The fraction of sp³-hybridized carbons (Fsp3) is 0.222. The highest BCUT2D eigenvalue weighted by Gasteiger charge is 2.20. The van der Waals surface area contributed by atoms with Crippen LogP contribution in [0.2, 0.25) is 0 Å². The normalized spacial score (nSPS) is 10.6. The van der Waals surface area contributed by atoms with Gasteiger partial charge in [0.2, 0.25) is 5.91 Å². The lowest BCUT2D eigenvalue weighted by atomic mass is 10.2. The van der Waals surface area contributed by atoms with Gasteiger partial charge in [-0.25, -0.2) is 9.97 Å². The second-order valence-electron chi connectivity index (χ2n) is 3.15. The fourth-order valence-electron chi connectivity index (χ4n) is 1.36. The van der Waals surface area contributed by atoms with E-state index in [1.54, 1.807) is 24.8 Å². The summed E-state index contributed by atoms with van der Waals surface area (Å²) in [4.78, 5) is 25.3. The van der Waals surface area contributed by atoms with E-state index in [2.05, 4.69) is 25.3 Å². The average molecular weight is 220 g/mol. The first-order valence-electron chi connectivity index (χ1n) is 4.79. The van der Waals surface area contributed by atoms with Crippen LogP contribution in [0.4, 0.5) is 0 Å². The van der Waals surface area contributed by atoms with Crippen molar-refractivity contribution in [1.82, 2.24) is 25.3 Å². The van der Waals surface area contributed by atoms with Crippen LogP contribution < -0.4 is 11.1 Å². The van der Waals surface area contributed by atoms with Crippen molar-refractivity contribution in [2.75, 3.05) is 6.54 Å². The van der Waals surface area contributed by atoms with Gasteiger partial charge < -0.3 is 21.0 Å². The number of aromatic nitrogens is 4. The molecule has 0 aliphatic heterocycles. The molecule has 0 saturated heterocycles. The minimum atomic E-state index is -0.430. The summed E-state index contributed by atoms with van der Waals surface area (Å²) in [5.74, 6) is 0.950. The third-order valence-electron chi connectivity index (χ3n) is 2.08. The average Bonchev–Trinajstić information content (AvgIpc) is 2.97. The van der Waals surface area contributed by atoms with Crippen LogP contribution in [0.3, 0.4) is 0 Å². The number of imidazole rings is 2. The molecule has 0 fully saturated rings. The predicted molar refractivity (Wildman–Crippen MR) is 56.2 cm³/mol. The standard InChI is InChI=1S/C9H12N6O/c10-5-6(16)15-7(8-11-1-2-12-8)9-13-3-4-14-9/h1-4,7H,5,10H2,(H,11,12)(H,13,14)(H,15,16). The minimum Gasteiger partial charge on any atom is -0.346 e. The number of nitrogens with one attached hydrogen (secondary N) is 3. The number of nitrogens with two attached hydrogens (primary N) is 1. The maximum atomic E-state index is 11.3. The SMILES string of the molecule is NCC(=O)NC(c1ncc[nH]1)c1ncc[nH]1. The molecule has 2 aromatic heterocycles. The molecule has 0 radical (unpaired) electrons. The van der Waals surface area contributed by atoms with Gasteiger partial charge in [-0.2, -0.15) is 0 Å². The number of aromatic amines is 2. The van der Waals surface area contributed by atoms with Crippen molar-refractivity contribution >= 4 is 5.91 Å². The lowest BCUT2D eigenvalue weighted by Gasteiger charge is -2.13. The number of hydrogen-bond donors (Lipinski definition) is 4. The first-order chi connectivity index (χ1) is 7.81. The Hall–Kier alpha value is -2.15. The zero-order chi connectivity index (χ0) is 11.4. The van der Waals surface area contributed by atoms with Gasteiger partial charge in [-0.1, -0.05) is 0 Å². The van der Waals surface area contributed by atoms with E-state index >= 15 is 0 Å². The molecular formula is C9H12N6O. The van der Waals surface area contributed by atoms with Gasteiger partial charge in [-0.15, -0.1) is 0 Å². The molecule has 84 valence electrons. The van der Waals surface area contributed by atoms with Crippen LogP contribution in [0.5, 0.6) is 0 Å². The molecule has 1 amide bonds. The second-order valence-corrected chi connectivity index (χ2v) is 3.15. The Balaban J connectivity index is 2.24. The Morgan fingerprint density at radius 3 is 2.25 bits per heavy atom. The lowest BCUT2D eigenvalue weighted by Crippen LogP contribution is -2.35. The monoisotopic (exact) mass is 220 g/mol. The van der Waals surface area contributed by atoms with Crippen LogP contribution >= 0.6 is 0 Å². The van der Waals surface area contributed by atoms with Gasteiger partial charge in [0.05, 0.1) is 6.54 Å². The van der Waals surface area contributed by atoms with Gasteiger partial charge in [-0.05, 0) is 0 Å². The van der Waals surface area contributed by atoms with Crippen LogP contribution in [0, 0.1) is 0 Å². The predicted octanol–water partition coefficient (Wildman–Crippen LogP) is -0.703. The van der Waals surface area contributed by atoms with Crippen molar-refractivity contribution in [3.8, 4) is 0 Å². The van der Waals surface area contributed by atoms with Crippen LogP contribution in [0.15, 0.2) is 24.8 Å². The summed E-state index contributed by atoms with van der Waals surface area (Å²) < 4.78 is 0. The van der Waals surface area contributed by atoms with E-state index in [-0.39, 0.29) is 12.5 Å². The molecule has 0 saturated carbocycles. The molecule has 5 N–H and O–H groups in total. The largest absolute Gasteiger partial charge is 0.346 e. The van der Waals surface area contributed by atoms with Crippen molar-refractivity contribution in [2.24, 2.45) is 5.73 Å².